The van der Waals surface area contributed by atoms with Gasteiger partial charge in [-0.05, 0) is 24.3 Å². The fourth-order valence-corrected chi connectivity index (χ4v) is 3.12. The number of hydrogen-bond acceptors (Lipinski definition) is 5. The molecule has 0 radical (unpaired) electrons. The lowest BCUT2D eigenvalue weighted by atomic mass is 10.3. The molecule has 0 aliphatic carbocycles. The van der Waals surface area contributed by atoms with Gasteiger partial charge in [0.2, 0.25) is 5.91 Å². The first-order valence-electron chi connectivity index (χ1n) is 7.59. The quantitative estimate of drug-likeness (QED) is 0.417. The van der Waals surface area contributed by atoms with E-state index in [1.165, 1.54) is 23.9 Å². The lowest BCUT2D eigenvalue weighted by molar-refractivity contribution is -0.384. The number of carbonyl (C=O) groups excluding carboxylic acids is 1. The Morgan fingerprint density at radius 1 is 1.24 bits per heavy atom. The first kappa shape index (κ1) is 17.0. The smallest absolute Gasteiger partial charge is 0.269 e. The van der Waals surface area contributed by atoms with Gasteiger partial charge in [-0.15, -0.1) is 11.8 Å². The van der Waals surface area contributed by atoms with Crippen molar-refractivity contribution in [3.8, 4) is 0 Å². The van der Waals surface area contributed by atoms with Crippen LogP contribution in [0.3, 0.4) is 0 Å². The number of nitrogens with zero attached hydrogens (tertiary/aromatic N) is 3. The van der Waals surface area contributed by atoms with Crippen LogP contribution >= 0.6 is 11.8 Å². The van der Waals surface area contributed by atoms with Crippen LogP contribution in [0.25, 0.3) is 11.0 Å². The summed E-state index contributed by atoms with van der Waals surface area (Å²) in [6.45, 7) is 0.352. The Bertz CT molecular complexity index is 921. The number of nitro benzene ring substituents is 1. The minimum atomic E-state index is -0.446. The largest absolute Gasteiger partial charge is 0.348 e. The third kappa shape index (κ3) is 3.97. The zero-order valence-electron chi connectivity index (χ0n) is 13.5. The average Bonchev–Trinajstić information content (AvgIpc) is 2.95. The molecule has 0 fully saturated rings. The Morgan fingerprint density at radius 2 is 1.96 bits per heavy atom. The second-order valence-corrected chi connectivity index (χ2v) is 6.44. The van der Waals surface area contributed by atoms with Gasteiger partial charge >= 0.3 is 0 Å². The Morgan fingerprint density at radius 3 is 2.64 bits per heavy atom. The van der Waals surface area contributed by atoms with E-state index in [4.69, 9.17) is 0 Å². The molecule has 0 atom stereocenters. The Balaban J connectivity index is 1.54. The highest BCUT2D eigenvalue weighted by Crippen LogP contribution is 2.21. The number of non-ortho nitro benzene ring substituents is 1. The van der Waals surface area contributed by atoms with Gasteiger partial charge in [0.05, 0.1) is 28.3 Å². The predicted octanol–water partition coefficient (Wildman–Crippen LogP) is 2.89. The summed E-state index contributed by atoms with van der Waals surface area (Å²) >= 11 is 1.33. The van der Waals surface area contributed by atoms with Crippen molar-refractivity contribution < 1.29 is 9.72 Å². The first-order valence-corrected chi connectivity index (χ1v) is 8.57. The number of thioether (sulfide) groups is 1. The number of benzene rings is 2. The third-order valence-electron chi connectivity index (χ3n) is 3.74. The maximum absolute atomic E-state index is 12.0. The molecule has 7 nitrogen and oxygen atoms in total. The highest BCUT2D eigenvalue weighted by molar-refractivity contribution is 8.00. The van der Waals surface area contributed by atoms with Gasteiger partial charge in [-0.1, -0.05) is 12.1 Å². The number of fused-ring (bicyclic) bond motifs is 1. The molecule has 1 amide bonds. The Hall–Kier alpha value is -2.87. The summed E-state index contributed by atoms with van der Waals surface area (Å²) in [5, 5.41) is 13.5. The molecule has 2 aromatic carbocycles. The molecule has 1 N–H and O–H groups in total. The minimum Gasteiger partial charge on any atom is -0.348 e. The van der Waals surface area contributed by atoms with Crippen LogP contribution in [0.2, 0.25) is 0 Å². The molecule has 3 aromatic rings. The van der Waals surface area contributed by atoms with Crippen molar-refractivity contribution in [3.63, 3.8) is 0 Å². The molecule has 0 aliphatic heterocycles. The summed E-state index contributed by atoms with van der Waals surface area (Å²) in [6.07, 6.45) is 0. The van der Waals surface area contributed by atoms with E-state index in [2.05, 4.69) is 10.3 Å². The van der Waals surface area contributed by atoms with Crippen LogP contribution in [0.4, 0.5) is 5.69 Å². The molecule has 128 valence electrons. The topological polar surface area (TPSA) is 90.1 Å². The van der Waals surface area contributed by atoms with Gasteiger partial charge < -0.3 is 9.88 Å². The lowest BCUT2D eigenvalue weighted by Gasteiger charge is -2.06. The van der Waals surface area contributed by atoms with Gasteiger partial charge in [0, 0.05) is 24.1 Å². The van der Waals surface area contributed by atoms with Crippen molar-refractivity contribution in [2.24, 2.45) is 7.05 Å². The van der Waals surface area contributed by atoms with E-state index in [0.29, 0.717) is 6.54 Å². The molecule has 1 aromatic heterocycles. The summed E-state index contributed by atoms with van der Waals surface area (Å²) in [6, 6.07) is 13.9. The van der Waals surface area contributed by atoms with Gasteiger partial charge in [0.1, 0.15) is 5.82 Å². The van der Waals surface area contributed by atoms with Gasteiger partial charge in [-0.25, -0.2) is 4.98 Å². The van der Waals surface area contributed by atoms with Gasteiger partial charge in [-0.2, -0.15) is 0 Å². The maximum atomic E-state index is 12.0. The van der Waals surface area contributed by atoms with E-state index in [0.717, 1.165) is 21.8 Å². The number of nitro groups is 1. The van der Waals surface area contributed by atoms with Crippen LogP contribution in [0.5, 0.6) is 0 Å². The van der Waals surface area contributed by atoms with E-state index >= 15 is 0 Å². The number of amides is 1. The number of rotatable bonds is 6. The normalized spacial score (nSPS) is 10.8. The van der Waals surface area contributed by atoms with E-state index in [1.54, 1.807) is 12.1 Å². The fourth-order valence-electron chi connectivity index (χ4n) is 2.40. The first-order chi connectivity index (χ1) is 12.0. The van der Waals surface area contributed by atoms with Crippen LogP contribution in [0, 0.1) is 10.1 Å². The van der Waals surface area contributed by atoms with Gasteiger partial charge in [-0.3, -0.25) is 14.9 Å². The highest BCUT2D eigenvalue weighted by atomic mass is 32.2. The van der Waals surface area contributed by atoms with Crippen LogP contribution in [0.15, 0.2) is 53.4 Å². The van der Waals surface area contributed by atoms with E-state index in [9.17, 15) is 14.9 Å². The van der Waals surface area contributed by atoms with Crippen LogP contribution in [-0.4, -0.2) is 26.1 Å². The molecular formula is C17H16N4O3S. The van der Waals surface area contributed by atoms with Crippen molar-refractivity contribution in [3.05, 3.63) is 64.5 Å². The van der Waals surface area contributed by atoms with Crippen molar-refractivity contribution in [2.75, 3.05) is 5.75 Å². The van der Waals surface area contributed by atoms with Crippen molar-refractivity contribution in [1.82, 2.24) is 14.9 Å². The van der Waals surface area contributed by atoms with Crippen LogP contribution < -0.4 is 5.32 Å². The summed E-state index contributed by atoms with van der Waals surface area (Å²) < 4.78 is 1.96. The number of aromatic nitrogens is 2. The molecule has 25 heavy (non-hydrogen) atoms. The van der Waals surface area contributed by atoms with Crippen molar-refractivity contribution in [2.45, 2.75) is 11.4 Å². The van der Waals surface area contributed by atoms with E-state index in [1.807, 2.05) is 35.9 Å². The summed E-state index contributed by atoms with van der Waals surface area (Å²) in [4.78, 5) is 27.5. The Kier molecular flexibility index (Phi) is 4.99. The number of aryl methyl sites for hydroxylation is 1. The Labute approximate surface area is 148 Å². The fraction of sp³-hybridized carbons (Fsp3) is 0.176. The molecule has 0 unspecified atom stereocenters. The van der Waals surface area contributed by atoms with Crippen molar-refractivity contribution in [1.29, 1.82) is 0 Å². The lowest BCUT2D eigenvalue weighted by Crippen LogP contribution is -2.26. The van der Waals surface area contributed by atoms with Gasteiger partial charge in [0.15, 0.2) is 0 Å². The number of nitrogens with one attached hydrogen (secondary N) is 1. The molecule has 0 saturated carbocycles. The van der Waals surface area contributed by atoms with Gasteiger partial charge in [0.25, 0.3) is 5.69 Å². The standard InChI is InChI=1S/C17H16N4O3S/c1-20-15-5-3-2-4-14(15)19-16(20)10-18-17(22)11-25-13-8-6-12(7-9-13)21(23)24/h2-9H,10-11H2,1H3,(H,18,22). The monoisotopic (exact) mass is 356 g/mol. The zero-order chi connectivity index (χ0) is 17.8. The van der Waals surface area contributed by atoms with E-state index in [-0.39, 0.29) is 17.3 Å². The second kappa shape index (κ2) is 7.35. The minimum absolute atomic E-state index is 0.0376. The molecule has 8 heteroatoms. The highest BCUT2D eigenvalue weighted by Gasteiger charge is 2.10. The summed E-state index contributed by atoms with van der Waals surface area (Å²) in [5.41, 5.74) is 1.96. The number of para-hydroxylation sites is 2. The van der Waals surface area contributed by atoms with Crippen molar-refractivity contribution >= 4 is 34.4 Å². The molecule has 1 heterocycles. The SMILES string of the molecule is Cn1c(CNC(=O)CSc2ccc([N+](=O)[O-])cc2)nc2ccccc21. The second-order valence-electron chi connectivity index (χ2n) is 5.39. The maximum Gasteiger partial charge on any atom is 0.269 e. The number of imidazole rings is 1. The number of hydrogen-bond donors (Lipinski definition) is 1. The molecule has 0 aliphatic rings. The molecular weight excluding hydrogens is 340 g/mol. The predicted molar refractivity (Wildman–Crippen MR) is 96.4 cm³/mol. The van der Waals surface area contributed by atoms with Crippen LogP contribution in [-0.2, 0) is 18.4 Å². The molecule has 0 saturated heterocycles. The average molecular weight is 356 g/mol. The van der Waals surface area contributed by atoms with E-state index < -0.39 is 4.92 Å². The zero-order valence-corrected chi connectivity index (χ0v) is 14.3. The number of carbonyl (C=O) groups is 1. The third-order valence-corrected chi connectivity index (χ3v) is 4.75. The molecule has 0 bridgehead atoms. The molecule has 3 rings (SSSR count). The summed E-state index contributed by atoms with van der Waals surface area (Å²) in [7, 11) is 1.92. The summed E-state index contributed by atoms with van der Waals surface area (Å²) in [5.74, 6) is 0.909. The molecule has 0 spiro atoms. The van der Waals surface area contributed by atoms with Crippen LogP contribution in [0.1, 0.15) is 5.82 Å².